The van der Waals surface area contributed by atoms with Crippen LogP contribution in [-0.2, 0) is 6.42 Å². The second-order valence-electron chi connectivity index (χ2n) is 2.95. The first-order chi connectivity index (χ1) is 5.83. The monoisotopic (exact) mass is 168 g/mol. The van der Waals surface area contributed by atoms with E-state index in [9.17, 15) is 0 Å². The molecule has 0 radical (unpaired) electrons. The number of rotatable bonds is 5. The third-order valence-corrected chi connectivity index (χ3v) is 1.93. The van der Waals surface area contributed by atoms with E-state index < -0.39 is 0 Å². The first kappa shape index (κ1) is 9.19. The third-order valence-electron chi connectivity index (χ3n) is 1.93. The Morgan fingerprint density at radius 1 is 1.67 bits per heavy atom. The summed E-state index contributed by atoms with van der Waals surface area (Å²) in [5.74, 6) is 0.950. The van der Waals surface area contributed by atoms with E-state index in [2.05, 4.69) is 34.3 Å². The molecule has 0 aliphatic rings. The summed E-state index contributed by atoms with van der Waals surface area (Å²) >= 11 is 0. The summed E-state index contributed by atoms with van der Waals surface area (Å²) in [4.78, 5) is 4.03. The van der Waals surface area contributed by atoms with Gasteiger partial charge in [0.2, 0.25) is 0 Å². The molecular formula is C8H16N4. The molecule has 0 amide bonds. The van der Waals surface area contributed by atoms with Crippen LogP contribution in [0.3, 0.4) is 0 Å². The highest BCUT2D eigenvalue weighted by molar-refractivity contribution is 4.80. The zero-order valence-electron chi connectivity index (χ0n) is 7.67. The van der Waals surface area contributed by atoms with Gasteiger partial charge in [0, 0.05) is 19.0 Å². The highest BCUT2D eigenvalue weighted by atomic mass is 15.2. The van der Waals surface area contributed by atoms with Gasteiger partial charge in [0.15, 0.2) is 0 Å². The minimum atomic E-state index is 0.591. The van der Waals surface area contributed by atoms with Gasteiger partial charge in [-0.05, 0) is 13.3 Å². The number of aromatic amines is 1. The highest BCUT2D eigenvalue weighted by Gasteiger charge is 1.98. The van der Waals surface area contributed by atoms with Gasteiger partial charge in [-0.15, -0.1) is 0 Å². The molecule has 0 aromatic carbocycles. The van der Waals surface area contributed by atoms with E-state index in [1.54, 1.807) is 6.33 Å². The molecule has 0 aliphatic carbocycles. The lowest BCUT2D eigenvalue weighted by Crippen LogP contribution is -2.27. The Bertz CT molecular complexity index is 195. The van der Waals surface area contributed by atoms with Crippen LogP contribution in [0.4, 0.5) is 0 Å². The first-order valence-corrected chi connectivity index (χ1v) is 4.40. The molecule has 2 N–H and O–H groups in total. The van der Waals surface area contributed by atoms with Crippen LogP contribution in [0.25, 0.3) is 0 Å². The minimum absolute atomic E-state index is 0.591. The highest BCUT2D eigenvalue weighted by Crippen LogP contribution is 1.89. The second kappa shape index (κ2) is 4.87. The lowest BCUT2D eigenvalue weighted by Gasteiger charge is -2.09. The summed E-state index contributed by atoms with van der Waals surface area (Å²) in [6.07, 6.45) is 3.62. The van der Waals surface area contributed by atoms with Crippen LogP contribution in [0, 0.1) is 0 Å². The standard InChI is InChI=1S/C8H16N4/c1-3-7(2)9-5-4-8-10-6-11-12-8/h6-7,9H,3-5H2,1-2H3,(H,10,11,12). The second-order valence-corrected chi connectivity index (χ2v) is 2.95. The van der Waals surface area contributed by atoms with Crippen molar-refractivity contribution in [2.45, 2.75) is 32.7 Å². The van der Waals surface area contributed by atoms with Crippen molar-refractivity contribution in [2.75, 3.05) is 6.54 Å². The van der Waals surface area contributed by atoms with Gasteiger partial charge in [-0.1, -0.05) is 6.92 Å². The number of nitrogens with zero attached hydrogens (tertiary/aromatic N) is 2. The van der Waals surface area contributed by atoms with Crippen molar-refractivity contribution in [2.24, 2.45) is 0 Å². The summed E-state index contributed by atoms with van der Waals surface area (Å²) in [5, 5.41) is 9.99. The molecule has 68 valence electrons. The summed E-state index contributed by atoms with van der Waals surface area (Å²) in [5.41, 5.74) is 0. The molecule has 0 fully saturated rings. The van der Waals surface area contributed by atoms with Crippen LogP contribution >= 0.6 is 0 Å². The number of hydrogen-bond donors (Lipinski definition) is 2. The molecule has 1 unspecified atom stereocenters. The van der Waals surface area contributed by atoms with Crippen molar-refractivity contribution < 1.29 is 0 Å². The first-order valence-electron chi connectivity index (χ1n) is 4.40. The summed E-state index contributed by atoms with van der Waals surface area (Å²) in [6.45, 7) is 5.32. The van der Waals surface area contributed by atoms with Gasteiger partial charge < -0.3 is 5.32 Å². The average Bonchev–Trinajstić information content (AvgIpc) is 2.57. The van der Waals surface area contributed by atoms with Gasteiger partial charge in [-0.2, -0.15) is 5.10 Å². The SMILES string of the molecule is CCC(C)NCCc1ncn[nH]1. The Kier molecular flexibility index (Phi) is 3.73. The molecule has 0 saturated heterocycles. The van der Waals surface area contributed by atoms with Crippen molar-refractivity contribution in [3.8, 4) is 0 Å². The third kappa shape index (κ3) is 3.00. The number of nitrogens with one attached hydrogen (secondary N) is 2. The van der Waals surface area contributed by atoms with Gasteiger partial charge in [0.05, 0.1) is 0 Å². The zero-order chi connectivity index (χ0) is 8.81. The number of aromatic nitrogens is 3. The molecule has 0 spiro atoms. The van der Waals surface area contributed by atoms with Crippen LogP contribution in [0.2, 0.25) is 0 Å². The van der Waals surface area contributed by atoms with Crippen LogP contribution < -0.4 is 5.32 Å². The Morgan fingerprint density at radius 2 is 2.50 bits per heavy atom. The van der Waals surface area contributed by atoms with Crippen LogP contribution in [0.15, 0.2) is 6.33 Å². The molecule has 1 aromatic heterocycles. The Balaban J connectivity index is 2.11. The summed E-state index contributed by atoms with van der Waals surface area (Å²) in [6, 6.07) is 0.591. The maximum Gasteiger partial charge on any atom is 0.137 e. The maximum atomic E-state index is 4.03. The summed E-state index contributed by atoms with van der Waals surface area (Å²) in [7, 11) is 0. The quantitative estimate of drug-likeness (QED) is 0.681. The molecule has 12 heavy (non-hydrogen) atoms. The topological polar surface area (TPSA) is 53.6 Å². The van der Waals surface area contributed by atoms with Gasteiger partial charge in [-0.3, -0.25) is 5.10 Å². The van der Waals surface area contributed by atoms with E-state index in [0.29, 0.717) is 6.04 Å². The van der Waals surface area contributed by atoms with E-state index in [0.717, 1.165) is 25.2 Å². The van der Waals surface area contributed by atoms with E-state index in [-0.39, 0.29) is 0 Å². The number of hydrogen-bond acceptors (Lipinski definition) is 3. The predicted molar refractivity (Wildman–Crippen MR) is 47.8 cm³/mol. The van der Waals surface area contributed by atoms with Gasteiger partial charge in [0.25, 0.3) is 0 Å². The molecule has 4 nitrogen and oxygen atoms in total. The molecule has 0 bridgehead atoms. The lowest BCUT2D eigenvalue weighted by molar-refractivity contribution is 0.533. The van der Waals surface area contributed by atoms with Crippen molar-refractivity contribution in [1.82, 2.24) is 20.5 Å². The molecule has 4 heteroatoms. The van der Waals surface area contributed by atoms with Crippen molar-refractivity contribution >= 4 is 0 Å². The number of H-pyrrole nitrogens is 1. The molecular weight excluding hydrogens is 152 g/mol. The van der Waals surface area contributed by atoms with Crippen LogP contribution in [-0.4, -0.2) is 27.8 Å². The van der Waals surface area contributed by atoms with Crippen molar-refractivity contribution in [3.63, 3.8) is 0 Å². The van der Waals surface area contributed by atoms with Gasteiger partial charge in [0.1, 0.15) is 12.2 Å². The Labute approximate surface area is 72.8 Å². The van der Waals surface area contributed by atoms with Crippen LogP contribution in [0.1, 0.15) is 26.1 Å². The molecule has 1 aromatic rings. The minimum Gasteiger partial charge on any atom is -0.314 e. The summed E-state index contributed by atoms with van der Waals surface area (Å²) < 4.78 is 0. The molecule has 1 atom stereocenters. The predicted octanol–water partition coefficient (Wildman–Crippen LogP) is 0.735. The van der Waals surface area contributed by atoms with E-state index in [4.69, 9.17) is 0 Å². The maximum absolute atomic E-state index is 4.03. The molecule has 0 aliphatic heterocycles. The largest absolute Gasteiger partial charge is 0.314 e. The Morgan fingerprint density at radius 3 is 3.08 bits per heavy atom. The fraction of sp³-hybridized carbons (Fsp3) is 0.750. The smallest absolute Gasteiger partial charge is 0.137 e. The van der Waals surface area contributed by atoms with Crippen molar-refractivity contribution in [3.05, 3.63) is 12.2 Å². The fourth-order valence-electron chi connectivity index (χ4n) is 0.933. The van der Waals surface area contributed by atoms with E-state index in [1.807, 2.05) is 0 Å². The van der Waals surface area contributed by atoms with E-state index >= 15 is 0 Å². The lowest BCUT2D eigenvalue weighted by atomic mass is 10.2. The molecule has 1 heterocycles. The fourth-order valence-corrected chi connectivity index (χ4v) is 0.933. The van der Waals surface area contributed by atoms with Crippen LogP contribution in [0.5, 0.6) is 0 Å². The van der Waals surface area contributed by atoms with Gasteiger partial charge >= 0.3 is 0 Å². The Hall–Kier alpha value is -0.900. The molecule has 1 rings (SSSR count). The van der Waals surface area contributed by atoms with Gasteiger partial charge in [-0.25, -0.2) is 4.98 Å². The molecule has 0 saturated carbocycles. The average molecular weight is 168 g/mol. The zero-order valence-corrected chi connectivity index (χ0v) is 7.67. The van der Waals surface area contributed by atoms with E-state index in [1.165, 1.54) is 0 Å². The normalized spacial score (nSPS) is 13.2. The van der Waals surface area contributed by atoms with Crippen molar-refractivity contribution in [1.29, 1.82) is 0 Å².